The molecule has 1 aromatic heterocycles. The summed E-state index contributed by atoms with van der Waals surface area (Å²) in [6.07, 6.45) is 4.94. The van der Waals surface area contributed by atoms with Crippen molar-refractivity contribution >= 4 is 11.3 Å². The van der Waals surface area contributed by atoms with Crippen LogP contribution in [0.15, 0.2) is 29.7 Å². The summed E-state index contributed by atoms with van der Waals surface area (Å²) in [5.74, 6) is 0. The summed E-state index contributed by atoms with van der Waals surface area (Å²) in [6, 6.07) is 0. The van der Waals surface area contributed by atoms with Gasteiger partial charge in [-0.1, -0.05) is 17.7 Å². The minimum absolute atomic E-state index is 0.477. The number of aryl methyl sites for hydroxylation is 1. The summed E-state index contributed by atoms with van der Waals surface area (Å²) in [5, 5.41) is 12.7. The molecule has 2 nitrogen and oxygen atoms in total. The van der Waals surface area contributed by atoms with Crippen molar-refractivity contribution in [3.05, 3.63) is 40.4 Å². The monoisotopic (exact) mass is 223 g/mol. The van der Waals surface area contributed by atoms with E-state index in [1.165, 1.54) is 5.57 Å². The molecule has 0 aliphatic carbocycles. The van der Waals surface area contributed by atoms with Gasteiger partial charge in [0.05, 0.1) is 10.7 Å². The van der Waals surface area contributed by atoms with Gasteiger partial charge in [-0.25, -0.2) is 4.98 Å². The number of aromatic nitrogens is 1. The maximum Gasteiger partial charge on any atom is 0.100 e. The third kappa shape index (κ3) is 3.98. The Balaban J connectivity index is 2.52. The van der Waals surface area contributed by atoms with Gasteiger partial charge in [0.25, 0.3) is 0 Å². The van der Waals surface area contributed by atoms with Crippen LogP contribution in [0.5, 0.6) is 0 Å². The highest BCUT2D eigenvalue weighted by atomic mass is 32.1. The molecule has 0 saturated heterocycles. The molecule has 0 amide bonds. The number of hydrogen-bond acceptors (Lipinski definition) is 3. The maximum absolute atomic E-state index is 9.82. The van der Waals surface area contributed by atoms with Crippen LogP contribution in [0.4, 0.5) is 0 Å². The molecule has 0 aromatic carbocycles. The fraction of sp³-hybridized carbons (Fsp3) is 0.417. The van der Waals surface area contributed by atoms with E-state index in [1.54, 1.807) is 11.3 Å². The third-order valence-electron chi connectivity index (χ3n) is 2.13. The molecule has 82 valence electrons. The van der Waals surface area contributed by atoms with Crippen LogP contribution in [-0.2, 0) is 0 Å². The lowest BCUT2D eigenvalue weighted by atomic mass is 10.1. The second-order valence-corrected chi connectivity index (χ2v) is 4.65. The predicted octanol–water partition coefficient (Wildman–Crippen LogP) is 3.40. The summed E-state index contributed by atoms with van der Waals surface area (Å²) in [5.41, 5.74) is 2.01. The lowest BCUT2D eigenvalue weighted by molar-refractivity contribution is 0.177. The van der Waals surface area contributed by atoms with Crippen LogP contribution in [0.25, 0.3) is 0 Å². The molecule has 0 aliphatic heterocycles. The maximum atomic E-state index is 9.82. The van der Waals surface area contributed by atoms with Crippen LogP contribution in [0.3, 0.4) is 0 Å². The van der Waals surface area contributed by atoms with Crippen LogP contribution < -0.4 is 0 Å². The van der Waals surface area contributed by atoms with Crippen molar-refractivity contribution in [2.75, 3.05) is 0 Å². The van der Waals surface area contributed by atoms with Crippen molar-refractivity contribution < 1.29 is 5.11 Å². The van der Waals surface area contributed by atoms with E-state index in [1.807, 2.05) is 31.4 Å². The van der Waals surface area contributed by atoms with Gasteiger partial charge in [0.1, 0.15) is 6.10 Å². The van der Waals surface area contributed by atoms with E-state index in [4.69, 9.17) is 0 Å². The van der Waals surface area contributed by atoms with Crippen molar-refractivity contribution in [3.63, 3.8) is 0 Å². The number of aliphatic hydroxyl groups is 1. The molecule has 0 bridgehead atoms. The highest BCUT2D eigenvalue weighted by Gasteiger charge is 2.08. The van der Waals surface area contributed by atoms with Gasteiger partial charge < -0.3 is 5.11 Å². The van der Waals surface area contributed by atoms with Gasteiger partial charge in [-0.3, -0.25) is 0 Å². The molecule has 1 heterocycles. The average Bonchev–Trinajstić information content (AvgIpc) is 2.62. The minimum atomic E-state index is -0.477. The molecule has 0 saturated carbocycles. The largest absolute Gasteiger partial charge is 0.386 e. The standard InChI is InChI=1S/C12H17NOS/c1-4-5-9(2)6-7-12(14)11-8-15-10(3)13-11/h4,6,8,12,14H,1,5,7H2,2-3H3/b9-6-/t12-/m0/s1. The van der Waals surface area contributed by atoms with Gasteiger partial charge in [-0.05, 0) is 26.7 Å². The van der Waals surface area contributed by atoms with Gasteiger partial charge in [0.2, 0.25) is 0 Å². The summed E-state index contributed by atoms with van der Waals surface area (Å²) in [4.78, 5) is 4.25. The van der Waals surface area contributed by atoms with Crippen LogP contribution in [-0.4, -0.2) is 10.1 Å². The first kappa shape index (κ1) is 12.1. The van der Waals surface area contributed by atoms with Gasteiger partial charge in [-0.15, -0.1) is 17.9 Å². The molecular formula is C12H17NOS. The molecule has 1 aromatic rings. The topological polar surface area (TPSA) is 33.1 Å². The van der Waals surface area contributed by atoms with Crippen LogP contribution in [0, 0.1) is 6.92 Å². The zero-order valence-corrected chi connectivity index (χ0v) is 10.0. The number of nitrogens with zero attached hydrogens (tertiary/aromatic N) is 1. The van der Waals surface area contributed by atoms with Crippen molar-refractivity contribution in [1.29, 1.82) is 0 Å². The summed E-state index contributed by atoms with van der Waals surface area (Å²) < 4.78 is 0. The van der Waals surface area contributed by atoms with Crippen molar-refractivity contribution in [1.82, 2.24) is 4.98 Å². The molecule has 1 N–H and O–H groups in total. The molecule has 0 radical (unpaired) electrons. The molecular weight excluding hydrogens is 206 g/mol. The third-order valence-corrected chi connectivity index (χ3v) is 2.93. The Morgan fingerprint density at radius 3 is 3.00 bits per heavy atom. The van der Waals surface area contributed by atoms with Gasteiger partial charge >= 0.3 is 0 Å². The quantitative estimate of drug-likeness (QED) is 0.776. The highest BCUT2D eigenvalue weighted by Crippen LogP contribution is 2.20. The SMILES string of the molecule is C=CC/C(C)=C\C[C@H](O)c1csc(C)n1. The number of rotatable bonds is 5. The zero-order chi connectivity index (χ0) is 11.3. The smallest absolute Gasteiger partial charge is 0.100 e. The zero-order valence-electron chi connectivity index (χ0n) is 9.23. The van der Waals surface area contributed by atoms with Crippen molar-refractivity contribution in [2.45, 2.75) is 32.8 Å². The Bertz CT molecular complexity index is 354. The van der Waals surface area contributed by atoms with Gasteiger partial charge in [0.15, 0.2) is 0 Å². The Kier molecular flexibility index (Phi) is 4.72. The van der Waals surface area contributed by atoms with E-state index in [9.17, 15) is 5.11 Å². The van der Waals surface area contributed by atoms with E-state index in [0.29, 0.717) is 6.42 Å². The highest BCUT2D eigenvalue weighted by molar-refractivity contribution is 7.09. The predicted molar refractivity (Wildman–Crippen MR) is 65.0 cm³/mol. The molecule has 1 atom stereocenters. The second kappa shape index (κ2) is 5.83. The fourth-order valence-corrected chi connectivity index (χ4v) is 1.94. The first-order valence-corrected chi connectivity index (χ1v) is 5.88. The molecule has 15 heavy (non-hydrogen) atoms. The first-order valence-electron chi connectivity index (χ1n) is 5.00. The normalized spacial score (nSPS) is 13.9. The molecule has 0 spiro atoms. The first-order chi connectivity index (χ1) is 7.13. The Morgan fingerprint density at radius 2 is 2.47 bits per heavy atom. The molecule has 0 aliphatic rings. The molecule has 3 heteroatoms. The number of allylic oxidation sites excluding steroid dienone is 2. The summed E-state index contributed by atoms with van der Waals surface area (Å²) >= 11 is 1.57. The summed E-state index contributed by atoms with van der Waals surface area (Å²) in [6.45, 7) is 7.66. The van der Waals surface area contributed by atoms with Crippen molar-refractivity contribution in [3.8, 4) is 0 Å². The number of thiazole rings is 1. The molecule has 0 fully saturated rings. The van der Waals surface area contributed by atoms with E-state index in [0.717, 1.165) is 17.1 Å². The van der Waals surface area contributed by atoms with Gasteiger partial charge in [0, 0.05) is 5.38 Å². The number of aliphatic hydroxyl groups excluding tert-OH is 1. The molecule has 0 unspecified atom stereocenters. The van der Waals surface area contributed by atoms with E-state index < -0.39 is 6.10 Å². The van der Waals surface area contributed by atoms with E-state index >= 15 is 0 Å². The van der Waals surface area contributed by atoms with Gasteiger partial charge in [-0.2, -0.15) is 0 Å². The van der Waals surface area contributed by atoms with E-state index in [-0.39, 0.29) is 0 Å². The summed E-state index contributed by atoms with van der Waals surface area (Å²) in [7, 11) is 0. The van der Waals surface area contributed by atoms with Crippen LogP contribution >= 0.6 is 11.3 Å². The lowest BCUT2D eigenvalue weighted by Gasteiger charge is -2.04. The lowest BCUT2D eigenvalue weighted by Crippen LogP contribution is -1.96. The van der Waals surface area contributed by atoms with E-state index in [2.05, 4.69) is 11.6 Å². The second-order valence-electron chi connectivity index (χ2n) is 3.59. The number of hydrogen-bond donors (Lipinski definition) is 1. The minimum Gasteiger partial charge on any atom is -0.386 e. The average molecular weight is 223 g/mol. The Labute approximate surface area is 95.0 Å². The fourth-order valence-electron chi connectivity index (χ4n) is 1.28. The van der Waals surface area contributed by atoms with Crippen LogP contribution in [0.2, 0.25) is 0 Å². The Hall–Kier alpha value is -0.930. The molecule has 1 rings (SSSR count). The van der Waals surface area contributed by atoms with Crippen molar-refractivity contribution in [2.24, 2.45) is 0 Å². The Morgan fingerprint density at radius 1 is 1.73 bits per heavy atom. The van der Waals surface area contributed by atoms with Crippen LogP contribution in [0.1, 0.15) is 36.6 Å².